The predicted octanol–water partition coefficient (Wildman–Crippen LogP) is 4.40. The van der Waals surface area contributed by atoms with Gasteiger partial charge in [-0.1, -0.05) is 12.1 Å². The number of anilines is 1. The van der Waals surface area contributed by atoms with Gasteiger partial charge in [-0.3, -0.25) is 15.3 Å². The van der Waals surface area contributed by atoms with Crippen molar-refractivity contribution in [3.05, 3.63) is 66.0 Å². The number of benzene rings is 2. The first-order valence-corrected chi connectivity index (χ1v) is 10.8. The van der Waals surface area contributed by atoms with Gasteiger partial charge in [0.25, 0.3) is 5.91 Å². The summed E-state index contributed by atoms with van der Waals surface area (Å²) in [6.07, 6.45) is 2.81. The minimum absolute atomic E-state index is 0.289. The molecule has 2 aromatic carbocycles. The number of carbonyl (C=O) groups is 2. The molecule has 0 aliphatic rings. The predicted molar refractivity (Wildman–Crippen MR) is 118 cm³/mol. The first-order valence-electron chi connectivity index (χ1n) is 9.61. The van der Waals surface area contributed by atoms with Crippen LogP contribution in [0.5, 0.6) is 5.75 Å². The number of hydroxylamine groups is 1. The molecule has 0 saturated heterocycles. The van der Waals surface area contributed by atoms with Crippen LogP contribution in [0.25, 0.3) is 0 Å². The maximum atomic E-state index is 14.0. The summed E-state index contributed by atoms with van der Waals surface area (Å²) in [5.74, 6) is -2.07. The van der Waals surface area contributed by atoms with E-state index in [1.54, 1.807) is 23.9 Å². The molecule has 10 heteroatoms. The highest BCUT2D eigenvalue weighted by Crippen LogP contribution is 2.30. The number of hydrogen-bond acceptors (Lipinski definition) is 7. The van der Waals surface area contributed by atoms with Crippen molar-refractivity contribution in [3.63, 3.8) is 0 Å². The Bertz CT molecular complexity index is 939. The zero-order valence-corrected chi connectivity index (χ0v) is 18.4. The summed E-state index contributed by atoms with van der Waals surface area (Å²) in [4.78, 5) is 24.7. The third-order valence-electron chi connectivity index (χ3n) is 4.51. The number of carbonyl (C=O) groups excluding carboxylic acids is 2. The second kappa shape index (κ2) is 12.7. The number of ether oxygens (including phenoxy) is 2. The molecule has 0 fully saturated rings. The van der Waals surface area contributed by atoms with Gasteiger partial charge < -0.3 is 14.6 Å². The van der Waals surface area contributed by atoms with Crippen molar-refractivity contribution >= 4 is 29.4 Å². The van der Waals surface area contributed by atoms with E-state index in [-0.39, 0.29) is 5.56 Å². The van der Waals surface area contributed by atoms with E-state index < -0.39 is 35.8 Å². The Labute approximate surface area is 189 Å². The lowest BCUT2D eigenvalue weighted by atomic mass is 10.00. The minimum atomic E-state index is -0.999. The first-order chi connectivity index (χ1) is 15.4. The number of phenolic OH excluding ortho intramolecular Hbond substituents is 1. The molecular weight excluding hydrogens is 439 g/mol. The molecule has 2 rings (SSSR count). The lowest BCUT2D eigenvalue weighted by molar-refractivity contribution is -0.124. The van der Waals surface area contributed by atoms with Crippen molar-refractivity contribution in [3.8, 4) is 5.75 Å². The fraction of sp³-hybridized carbons (Fsp3) is 0.273. The van der Waals surface area contributed by atoms with Crippen LogP contribution in [0.2, 0.25) is 0 Å². The van der Waals surface area contributed by atoms with Crippen LogP contribution in [-0.4, -0.2) is 41.8 Å². The van der Waals surface area contributed by atoms with Crippen LogP contribution in [0.1, 0.15) is 24.5 Å². The molecule has 2 amide bonds. The Kier molecular flexibility index (Phi) is 9.99. The van der Waals surface area contributed by atoms with E-state index in [1.807, 2.05) is 18.4 Å². The van der Waals surface area contributed by atoms with Crippen molar-refractivity contribution in [2.24, 2.45) is 0 Å². The van der Waals surface area contributed by atoms with Gasteiger partial charge in [-0.2, -0.15) is 0 Å². The zero-order chi connectivity index (χ0) is 23.5. The number of aromatic hydroxyl groups is 1. The normalized spacial score (nSPS) is 12.9. The molecule has 8 nitrogen and oxygen atoms in total. The number of rotatable bonds is 10. The van der Waals surface area contributed by atoms with Gasteiger partial charge in [0.05, 0.1) is 6.10 Å². The molecule has 0 spiro atoms. The van der Waals surface area contributed by atoms with E-state index in [1.165, 1.54) is 24.7 Å². The summed E-state index contributed by atoms with van der Waals surface area (Å²) < 4.78 is 25.0. The largest absolute Gasteiger partial charge is 0.505 e. The molecule has 0 aliphatic carbocycles. The number of thioether (sulfide) groups is 1. The van der Waals surface area contributed by atoms with E-state index in [0.717, 1.165) is 23.1 Å². The maximum Gasteiger partial charge on any atom is 0.412 e. The molecule has 0 aromatic heterocycles. The molecule has 0 radical (unpaired) electrons. The highest BCUT2D eigenvalue weighted by atomic mass is 32.2. The second-order valence-corrected chi connectivity index (χ2v) is 7.50. The van der Waals surface area contributed by atoms with Crippen molar-refractivity contribution in [2.75, 3.05) is 18.7 Å². The van der Waals surface area contributed by atoms with Crippen LogP contribution >= 0.6 is 11.8 Å². The van der Waals surface area contributed by atoms with Crippen LogP contribution in [0, 0.1) is 5.82 Å². The topological polar surface area (TPSA) is 117 Å². The van der Waals surface area contributed by atoms with Gasteiger partial charge in [0.15, 0.2) is 17.7 Å². The van der Waals surface area contributed by atoms with E-state index >= 15 is 0 Å². The van der Waals surface area contributed by atoms with Crippen molar-refractivity contribution in [1.29, 1.82) is 0 Å². The summed E-state index contributed by atoms with van der Waals surface area (Å²) >= 11 is 1.57. The average molecular weight is 465 g/mol. The molecule has 0 saturated carbocycles. The zero-order valence-electron chi connectivity index (χ0n) is 17.6. The van der Waals surface area contributed by atoms with Crippen LogP contribution < -0.4 is 10.8 Å². The Morgan fingerprint density at radius 3 is 2.53 bits per heavy atom. The minimum Gasteiger partial charge on any atom is -0.505 e. The Morgan fingerprint density at radius 2 is 1.94 bits per heavy atom. The van der Waals surface area contributed by atoms with E-state index in [0.29, 0.717) is 18.5 Å². The molecule has 0 aliphatic heterocycles. The number of amides is 2. The number of hydrogen-bond donors (Lipinski definition) is 4. The van der Waals surface area contributed by atoms with Gasteiger partial charge in [0.2, 0.25) is 0 Å². The average Bonchev–Trinajstić information content (AvgIpc) is 2.80. The number of nitrogens with one attached hydrogen (secondary N) is 2. The number of phenols is 1. The van der Waals surface area contributed by atoms with Crippen LogP contribution in [0.4, 0.5) is 14.9 Å². The molecule has 0 bridgehead atoms. The van der Waals surface area contributed by atoms with E-state index in [9.17, 15) is 19.1 Å². The third kappa shape index (κ3) is 7.56. The molecule has 32 heavy (non-hydrogen) atoms. The van der Waals surface area contributed by atoms with Gasteiger partial charge in [0.1, 0.15) is 0 Å². The molecule has 0 unspecified atom stereocenters. The van der Waals surface area contributed by atoms with Crippen LogP contribution in [0.15, 0.2) is 59.5 Å². The molecule has 0 heterocycles. The second-order valence-electron chi connectivity index (χ2n) is 6.62. The summed E-state index contributed by atoms with van der Waals surface area (Å²) in [5, 5.41) is 20.6. The molecule has 2 atom stereocenters. The third-order valence-corrected chi connectivity index (χ3v) is 5.25. The first kappa shape index (κ1) is 25.2. The fourth-order valence-electron chi connectivity index (χ4n) is 2.88. The Morgan fingerprint density at radius 1 is 1.22 bits per heavy atom. The molecule has 2 aromatic rings. The summed E-state index contributed by atoms with van der Waals surface area (Å²) in [5.41, 5.74) is 2.29. The van der Waals surface area contributed by atoms with Gasteiger partial charge >= 0.3 is 6.09 Å². The van der Waals surface area contributed by atoms with Gasteiger partial charge in [-0.15, -0.1) is 11.8 Å². The standard InChI is InChI=1S/C22H25FN2O6S/c1-30-19(5-3-4-6-20(27)25-29)21(14-7-12-18(26)17(23)13-14)31-22(28)24-15-8-10-16(32-2)11-9-15/h4,6-13,19,21,26,29H,3,5H2,1-2H3,(H,24,28)(H,25,27)/b6-4+/t19-,21-/m0/s1. The van der Waals surface area contributed by atoms with Crippen LogP contribution in [0.3, 0.4) is 0 Å². The maximum absolute atomic E-state index is 14.0. The highest BCUT2D eigenvalue weighted by Gasteiger charge is 2.28. The van der Waals surface area contributed by atoms with Crippen LogP contribution in [-0.2, 0) is 14.3 Å². The highest BCUT2D eigenvalue weighted by molar-refractivity contribution is 7.98. The molecule has 4 N–H and O–H groups in total. The SMILES string of the molecule is CO[C@@H](CC/C=C/C(=O)NO)[C@@H](OC(=O)Nc1ccc(SC)cc1)c1ccc(O)c(F)c1. The summed E-state index contributed by atoms with van der Waals surface area (Å²) in [7, 11) is 1.42. The van der Waals surface area contributed by atoms with Gasteiger partial charge in [-0.25, -0.2) is 14.7 Å². The fourth-order valence-corrected chi connectivity index (χ4v) is 3.28. The van der Waals surface area contributed by atoms with Crippen molar-refractivity contribution < 1.29 is 33.8 Å². The number of halogens is 1. The monoisotopic (exact) mass is 464 g/mol. The van der Waals surface area contributed by atoms with E-state index in [2.05, 4.69) is 5.32 Å². The summed E-state index contributed by atoms with van der Waals surface area (Å²) in [6, 6.07) is 10.8. The lowest BCUT2D eigenvalue weighted by Crippen LogP contribution is -2.28. The number of allylic oxidation sites excluding steroid dienone is 1. The smallest absolute Gasteiger partial charge is 0.412 e. The lowest BCUT2D eigenvalue weighted by Gasteiger charge is -2.26. The van der Waals surface area contributed by atoms with Gasteiger partial charge in [0, 0.05) is 23.8 Å². The number of methoxy groups -OCH3 is 1. The Hall–Kier alpha value is -3.08. The van der Waals surface area contributed by atoms with Crippen molar-refractivity contribution in [1.82, 2.24) is 5.48 Å². The molecule has 172 valence electrons. The molecular formula is C22H25FN2O6S. The van der Waals surface area contributed by atoms with Crippen molar-refractivity contribution in [2.45, 2.75) is 29.9 Å². The van der Waals surface area contributed by atoms with Gasteiger partial charge in [-0.05, 0) is 61.1 Å². The quantitative estimate of drug-likeness (QED) is 0.178. The Balaban J connectivity index is 2.18. The summed E-state index contributed by atoms with van der Waals surface area (Å²) in [6.45, 7) is 0. The van der Waals surface area contributed by atoms with E-state index in [4.69, 9.17) is 14.7 Å².